The van der Waals surface area contributed by atoms with E-state index >= 15 is 0 Å². The minimum atomic E-state index is -0.280. The molecule has 0 saturated heterocycles. The van der Waals surface area contributed by atoms with Gasteiger partial charge in [-0.3, -0.25) is 0 Å². The Morgan fingerprint density at radius 1 is 1.18 bits per heavy atom. The average molecular weight is 228 g/mol. The Labute approximate surface area is 116 Å². The third-order valence-corrected chi connectivity index (χ3v) is 4.48. The molecule has 1 atom stereocenters. The molecule has 17 heavy (non-hydrogen) atoms. The molecule has 2 nitrogen and oxygen atoms in total. The van der Waals surface area contributed by atoms with Crippen molar-refractivity contribution in [2.45, 2.75) is 46.1 Å². The van der Waals surface area contributed by atoms with Crippen molar-refractivity contribution in [3.8, 4) is 11.5 Å². The van der Waals surface area contributed by atoms with Gasteiger partial charge >= 0.3 is 18.9 Å². The molecule has 0 radical (unpaired) electrons. The first kappa shape index (κ1) is 14.5. The molecule has 0 fully saturated rings. The zero-order chi connectivity index (χ0) is 12.1. The van der Waals surface area contributed by atoms with E-state index in [0.29, 0.717) is 11.7 Å². The maximum absolute atomic E-state index is 9.85. The third-order valence-electron chi connectivity index (χ3n) is 4.48. The van der Waals surface area contributed by atoms with Gasteiger partial charge in [0.2, 0.25) is 0 Å². The van der Waals surface area contributed by atoms with Crippen molar-refractivity contribution in [2.75, 3.05) is 0 Å². The molecule has 0 aliphatic carbocycles. The summed E-state index contributed by atoms with van der Waals surface area (Å²) < 4.78 is 5.99. The van der Waals surface area contributed by atoms with Gasteiger partial charge in [-0.2, -0.15) is 0 Å². The number of ether oxygens (including phenoxy) is 1. The molecular formula is C14H21LiO2. The predicted molar refractivity (Wildman–Crippen MR) is 72.2 cm³/mol. The topological polar surface area (TPSA) is 29.5 Å². The van der Waals surface area contributed by atoms with Crippen molar-refractivity contribution in [2.24, 2.45) is 5.41 Å². The number of phenolic OH excluding ortho intramolecular Hbond substituents is 1. The maximum atomic E-state index is 9.85. The van der Waals surface area contributed by atoms with Crippen molar-refractivity contribution in [1.29, 1.82) is 0 Å². The quantitative estimate of drug-likeness (QED) is 0.691. The molecule has 1 unspecified atom stereocenters. The second-order valence-corrected chi connectivity index (χ2v) is 5.75. The normalized spacial score (nSPS) is 24.2. The SMILES string of the molecule is CC1c2cccc(O)c2OC(C)(C)C1(C)C.[LiH]. The van der Waals surface area contributed by atoms with Crippen LogP contribution in [0.5, 0.6) is 11.5 Å². The van der Waals surface area contributed by atoms with Gasteiger partial charge in [-0.05, 0) is 25.8 Å². The number of fused-ring (bicyclic) bond motifs is 1. The van der Waals surface area contributed by atoms with Crippen LogP contribution < -0.4 is 4.74 Å². The van der Waals surface area contributed by atoms with Gasteiger partial charge in [-0.25, -0.2) is 0 Å². The number of aromatic hydroxyl groups is 1. The number of phenols is 1. The van der Waals surface area contributed by atoms with Gasteiger partial charge < -0.3 is 9.84 Å². The number of para-hydroxylation sites is 1. The Kier molecular flexibility index (Phi) is 3.63. The molecule has 90 valence electrons. The molecule has 0 amide bonds. The van der Waals surface area contributed by atoms with E-state index in [1.807, 2.05) is 12.1 Å². The van der Waals surface area contributed by atoms with Crippen LogP contribution in [0, 0.1) is 5.41 Å². The molecule has 0 aromatic heterocycles. The van der Waals surface area contributed by atoms with Gasteiger partial charge in [0.05, 0.1) is 0 Å². The van der Waals surface area contributed by atoms with Crippen LogP contribution in [0.2, 0.25) is 0 Å². The Balaban J connectivity index is 0.00000144. The van der Waals surface area contributed by atoms with E-state index in [1.165, 1.54) is 0 Å². The third kappa shape index (κ3) is 1.98. The van der Waals surface area contributed by atoms with E-state index in [2.05, 4.69) is 34.6 Å². The van der Waals surface area contributed by atoms with Gasteiger partial charge in [0.15, 0.2) is 11.5 Å². The molecule has 3 heteroatoms. The summed E-state index contributed by atoms with van der Waals surface area (Å²) in [5, 5.41) is 9.85. The summed E-state index contributed by atoms with van der Waals surface area (Å²) in [6, 6.07) is 5.60. The summed E-state index contributed by atoms with van der Waals surface area (Å²) in [6.07, 6.45) is 0. The fraction of sp³-hybridized carbons (Fsp3) is 0.571. The van der Waals surface area contributed by atoms with Crippen LogP contribution in [0.25, 0.3) is 0 Å². The molecular weight excluding hydrogens is 207 g/mol. The van der Waals surface area contributed by atoms with E-state index in [4.69, 9.17) is 4.74 Å². The van der Waals surface area contributed by atoms with E-state index < -0.39 is 0 Å². The fourth-order valence-electron chi connectivity index (χ4n) is 2.29. The van der Waals surface area contributed by atoms with Gasteiger partial charge in [-0.15, -0.1) is 0 Å². The van der Waals surface area contributed by atoms with Crippen molar-refractivity contribution in [1.82, 2.24) is 0 Å². The molecule has 1 aliphatic heterocycles. The van der Waals surface area contributed by atoms with E-state index in [0.717, 1.165) is 5.56 Å². The molecule has 2 rings (SSSR count). The minimum absolute atomic E-state index is 0. The van der Waals surface area contributed by atoms with Crippen molar-refractivity contribution in [3.63, 3.8) is 0 Å². The molecule has 0 spiro atoms. The molecule has 1 N–H and O–H groups in total. The number of benzene rings is 1. The van der Waals surface area contributed by atoms with Crippen LogP contribution in [-0.4, -0.2) is 29.6 Å². The van der Waals surface area contributed by atoms with Crippen molar-refractivity contribution in [3.05, 3.63) is 23.8 Å². The average Bonchev–Trinajstić information content (AvgIpc) is 2.18. The number of hydrogen-bond donors (Lipinski definition) is 1. The van der Waals surface area contributed by atoms with Crippen LogP contribution in [0.15, 0.2) is 18.2 Å². The second-order valence-electron chi connectivity index (χ2n) is 5.75. The monoisotopic (exact) mass is 228 g/mol. The first-order chi connectivity index (χ1) is 7.27. The van der Waals surface area contributed by atoms with Crippen LogP contribution in [0.1, 0.15) is 46.1 Å². The van der Waals surface area contributed by atoms with E-state index in [-0.39, 0.29) is 35.6 Å². The zero-order valence-corrected chi connectivity index (χ0v) is 10.7. The molecule has 1 aromatic rings. The van der Waals surface area contributed by atoms with Crippen molar-refractivity contribution < 1.29 is 9.84 Å². The van der Waals surface area contributed by atoms with Crippen LogP contribution in [0.3, 0.4) is 0 Å². The molecule has 1 aliphatic rings. The van der Waals surface area contributed by atoms with Crippen LogP contribution in [0.4, 0.5) is 0 Å². The number of rotatable bonds is 0. The summed E-state index contributed by atoms with van der Waals surface area (Å²) >= 11 is 0. The van der Waals surface area contributed by atoms with Gasteiger partial charge in [-0.1, -0.05) is 32.9 Å². The molecule has 1 heterocycles. The van der Waals surface area contributed by atoms with Crippen molar-refractivity contribution >= 4 is 18.9 Å². The molecule has 1 aromatic carbocycles. The molecule has 0 bridgehead atoms. The van der Waals surface area contributed by atoms with E-state index in [9.17, 15) is 5.11 Å². The first-order valence-corrected chi connectivity index (χ1v) is 5.78. The Morgan fingerprint density at radius 2 is 1.76 bits per heavy atom. The Bertz CT molecular complexity index is 424. The Hall–Kier alpha value is -0.583. The van der Waals surface area contributed by atoms with Gasteiger partial charge in [0.25, 0.3) is 0 Å². The predicted octanol–water partition coefficient (Wildman–Crippen LogP) is 3.04. The first-order valence-electron chi connectivity index (χ1n) is 5.78. The zero-order valence-electron chi connectivity index (χ0n) is 10.7. The summed E-state index contributed by atoms with van der Waals surface area (Å²) in [7, 11) is 0. The van der Waals surface area contributed by atoms with Crippen LogP contribution in [-0.2, 0) is 0 Å². The molecule has 0 saturated carbocycles. The Morgan fingerprint density at radius 3 is 2.35 bits per heavy atom. The number of hydrogen-bond acceptors (Lipinski definition) is 2. The van der Waals surface area contributed by atoms with Crippen LogP contribution >= 0.6 is 0 Å². The second kappa shape index (κ2) is 4.26. The summed E-state index contributed by atoms with van der Waals surface area (Å²) in [4.78, 5) is 0. The van der Waals surface area contributed by atoms with Gasteiger partial charge in [0.1, 0.15) is 5.60 Å². The standard InChI is InChI=1S/C14H20O2.Li.H/c1-9-10-7-6-8-11(15)12(10)16-14(4,5)13(9,2)3;;/h6-9,15H,1-5H3;;. The summed E-state index contributed by atoms with van der Waals surface area (Å²) in [6.45, 7) is 10.8. The fourth-order valence-corrected chi connectivity index (χ4v) is 2.29. The summed E-state index contributed by atoms with van der Waals surface area (Å²) in [5.41, 5.74) is 0.857. The summed E-state index contributed by atoms with van der Waals surface area (Å²) in [5.74, 6) is 1.26. The van der Waals surface area contributed by atoms with E-state index in [1.54, 1.807) is 6.07 Å². The van der Waals surface area contributed by atoms with Gasteiger partial charge in [0, 0.05) is 11.0 Å².